The summed E-state index contributed by atoms with van der Waals surface area (Å²) in [7, 11) is -3.98. The Morgan fingerprint density at radius 1 is 1.16 bits per heavy atom. The second-order valence-electron chi connectivity index (χ2n) is 5.05. The number of anilines is 1. The van der Waals surface area contributed by atoms with Crippen molar-refractivity contribution in [3.05, 3.63) is 48.0 Å². The van der Waals surface area contributed by atoms with Crippen molar-refractivity contribution in [2.24, 2.45) is 0 Å². The predicted molar refractivity (Wildman–Crippen MR) is 87.5 cm³/mol. The fourth-order valence-corrected chi connectivity index (χ4v) is 3.35. The third-order valence-electron chi connectivity index (χ3n) is 3.38. The highest BCUT2D eigenvalue weighted by Gasteiger charge is 2.19. The lowest BCUT2D eigenvalue weighted by Crippen LogP contribution is -2.33. The van der Waals surface area contributed by atoms with E-state index in [1.807, 2.05) is 6.07 Å². The largest absolute Gasteiger partial charge is 0.454 e. The molecule has 9 heteroatoms. The zero-order valence-corrected chi connectivity index (χ0v) is 13.7. The van der Waals surface area contributed by atoms with Crippen molar-refractivity contribution in [2.45, 2.75) is 4.90 Å². The Labute approximate surface area is 144 Å². The van der Waals surface area contributed by atoms with Gasteiger partial charge in [-0.1, -0.05) is 12.1 Å². The Kier molecular flexibility index (Phi) is 4.56. The molecule has 128 valence electrons. The quantitative estimate of drug-likeness (QED) is 0.828. The third-order valence-corrected chi connectivity index (χ3v) is 4.84. The van der Waals surface area contributed by atoms with Gasteiger partial charge in [0.05, 0.1) is 17.0 Å². The normalized spacial score (nSPS) is 12.4. The number of carbonyl (C=O) groups excluding carboxylic acids is 1. The number of carbonyl (C=O) groups is 1. The van der Waals surface area contributed by atoms with Crippen molar-refractivity contribution in [2.75, 3.05) is 18.7 Å². The zero-order valence-electron chi connectivity index (χ0n) is 12.9. The van der Waals surface area contributed by atoms with E-state index in [2.05, 4.69) is 10.0 Å². The Balaban J connectivity index is 1.65. The molecule has 0 radical (unpaired) electrons. The molecule has 0 bridgehead atoms. The molecular formula is C16H13N3O5S. The summed E-state index contributed by atoms with van der Waals surface area (Å²) < 4.78 is 37.0. The van der Waals surface area contributed by atoms with Crippen molar-refractivity contribution in [1.29, 1.82) is 5.26 Å². The van der Waals surface area contributed by atoms with E-state index < -0.39 is 22.5 Å². The van der Waals surface area contributed by atoms with Crippen molar-refractivity contribution in [1.82, 2.24) is 4.72 Å². The van der Waals surface area contributed by atoms with Crippen molar-refractivity contribution in [3.8, 4) is 17.6 Å². The highest BCUT2D eigenvalue weighted by Crippen LogP contribution is 2.34. The number of hydrogen-bond donors (Lipinski definition) is 2. The van der Waals surface area contributed by atoms with E-state index in [9.17, 15) is 13.2 Å². The lowest BCUT2D eigenvalue weighted by atomic mass is 10.2. The molecule has 0 unspecified atom stereocenters. The van der Waals surface area contributed by atoms with Gasteiger partial charge in [-0.15, -0.1) is 0 Å². The van der Waals surface area contributed by atoms with Gasteiger partial charge in [0.25, 0.3) is 0 Å². The van der Waals surface area contributed by atoms with Crippen LogP contribution in [0, 0.1) is 11.3 Å². The lowest BCUT2D eigenvalue weighted by Gasteiger charge is -2.09. The molecule has 25 heavy (non-hydrogen) atoms. The standard InChI is InChI=1S/C16H13N3O5S/c17-8-11-3-1-2-4-15(11)25(21,22)18-9-16(20)19-12-5-6-13-14(7-12)24-10-23-13/h1-7,18H,9-10H2,(H,19,20). The van der Waals surface area contributed by atoms with Gasteiger partial charge >= 0.3 is 0 Å². The van der Waals surface area contributed by atoms with Gasteiger partial charge in [0.15, 0.2) is 11.5 Å². The van der Waals surface area contributed by atoms with Crippen molar-refractivity contribution < 1.29 is 22.7 Å². The van der Waals surface area contributed by atoms with E-state index in [4.69, 9.17) is 14.7 Å². The topological polar surface area (TPSA) is 118 Å². The summed E-state index contributed by atoms with van der Waals surface area (Å²) in [6.45, 7) is -0.360. The minimum Gasteiger partial charge on any atom is -0.454 e. The average molecular weight is 359 g/mol. The SMILES string of the molecule is N#Cc1ccccc1S(=O)(=O)NCC(=O)Nc1ccc2c(c1)OCO2. The summed E-state index contributed by atoms with van der Waals surface area (Å²) in [6.07, 6.45) is 0. The first-order chi connectivity index (χ1) is 12.0. The lowest BCUT2D eigenvalue weighted by molar-refractivity contribution is -0.115. The molecule has 8 nitrogen and oxygen atoms in total. The maximum atomic E-state index is 12.2. The van der Waals surface area contributed by atoms with Gasteiger partial charge in [0.2, 0.25) is 22.7 Å². The summed E-state index contributed by atoms with van der Waals surface area (Å²) in [4.78, 5) is 11.8. The van der Waals surface area contributed by atoms with Crippen molar-refractivity contribution >= 4 is 21.6 Å². The van der Waals surface area contributed by atoms with Gasteiger partial charge in [-0.2, -0.15) is 5.26 Å². The summed E-state index contributed by atoms with van der Waals surface area (Å²) >= 11 is 0. The van der Waals surface area contributed by atoms with Gasteiger partial charge < -0.3 is 14.8 Å². The Hall–Kier alpha value is -3.09. The predicted octanol–water partition coefficient (Wildman–Crippen LogP) is 1.20. The molecule has 1 aliphatic rings. The van der Waals surface area contributed by atoms with Crippen LogP contribution in [0.1, 0.15) is 5.56 Å². The number of rotatable bonds is 5. The monoisotopic (exact) mass is 359 g/mol. The summed E-state index contributed by atoms with van der Waals surface area (Å²) in [5, 5.41) is 11.5. The summed E-state index contributed by atoms with van der Waals surface area (Å²) in [5.74, 6) is 0.519. The van der Waals surface area contributed by atoms with Crippen LogP contribution in [-0.2, 0) is 14.8 Å². The number of nitrogens with one attached hydrogen (secondary N) is 2. The minimum atomic E-state index is -3.98. The first-order valence-electron chi connectivity index (χ1n) is 7.18. The van der Waals surface area contributed by atoms with Crippen LogP contribution in [0.5, 0.6) is 11.5 Å². The second kappa shape index (κ2) is 6.80. The highest BCUT2D eigenvalue weighted by atomic mass is 32.2. The molecule has 2 aromatic carbocycles. The molecule has 2 aromatic rings. The number of amides is 1. The fourth-order valence-electron chi connectivity index (χ4n) is 2.21. The van der Waals surface area contributed by atoms with Crippen LogP contribution in [0.15, 0.2) is 47.4 Å². The first-order valence-corrected chi connectivity index (χ1v) is 8.66. The van der Waals surface area contributed by atoms with Gasteiger partial charge in [-0.25, -0.2) is 13.1 Å². The van der Waals surface area contributed by atoms with E-state index >= 15 is 0 Å². The first kappa shape index (κ1) is 16.8. The van der Waals surface area contributed by atoms with Gasteiger partial charge in [0, 0.05) is 11.8 Å². The molecule has 1 aliphatic heterocycles. The van der Waals surface area contributed by atoms with Gasteiger partial charge in [-0.3, -0.25) is 4.79 Å². The molecule has 0 aliphatic carbocycles. The van der Waals surface area contributed by atoms with Crippen LogP contribution < -0.4 is 19.5 Å². The van der Waals surface area contributed by atoms with Gasteiger partial charge in [-0.05, 0) is 24.3 Å². The molecule has 0 saturated heterocycles. The van der Waals surface area contributed by atoms with E-state index in [0.717, 1.165) is 0 Å². The molecule has 2 N–H and O–H groups in total. The number of nitriles is 1. The van der Waals surface area contributed by atoms with Crippen molar-refractivity contribution in [3.63, 3.8) is 0 Å². The maximum Gasteiger partial charge on any atom is 0.242 e. The zero-order chi connectivity index (χ0) is 17.9. The average Bonchev–Trinajstić information content (AvgIpc) is 3.08. The number of nitrogens with zero attached hydrogens (tertiary/aromatic N) is 1. The highest BCUT2D eigenvalue weighted by molar-refractivity contribution is 7.89. The molecule has 1 heterocycles. The van der Waals surface area contributed by atoms with E-state index in [1.165, 1.54) is 18.2 Å². The fraction of sp³-hybridized carbons (Fsp3) is 0.125. The Bertz CT molecular complexity index is 966. The van der Waals surface area contributed by atoms with Crippen LogP contribution in [0.2, 0.25) is 0 Å². The molecule has 0 spiro atoms. The molecule has 3 rings (SSSR count). The molecular weight excluding hydrogens is 346 g/mol. The number of ether oxygens (including phenoxy) is 2. The summed E-state index contributed by atoms with van der Waals surface area (Å²) in [5.41, 5.74) is 0.456. The third kappa shape index (κ3) is 3.71. The maximum absolute atomic E-state index is 12.2. The Morgan fingerprint density at radius 2 is 1.92 bits per heavy atom. The molecule has 0 fully saturated rings. The number of sulfonamides is 1. The molecule has 0 saturated carbocycles. The smallest absolute Gasteiger partial charge is 0.242 e. The van der Waals surface area contributed by atoms with Crippen LogP contribution in [-0.4, -0.2) is 27.7 Å². The molecule has 0 atom stereocenters. The number of hydrogen-bond acceptors (Lipinski definition) is 6. The van der Waals surface area contributed by atoms with Crippen LogP contribution in [0.25, 0.3) is 0 Å². The van der Waals surface area contributed by atoms with Crippen LogP contribution in [0.4, 0.5) is 5.69 Å². The van der Waals surface area contributed by atoms with E-state index in [-0.39, 0.29) is 17.3 Å². The van der Waals surface area contributed by atoms with E-state index in [1.54, 1.807) is 24.3 Å². The number of benzene rings is 2. The Morgan fingerprint density at radius 3 is 2.72 bits per heavy atom. The molecule has 0 aromatic heterocycles. The number of fused-ring (bicyclic) bond motifs is 1. The second-order valence-corrected chi connectivity index (χ2v) is 6.78. The molecule has 1 amide bonds. The van der Waals surface area contributed by atoms with Crippen LogP contribution in [0.3, 0.4) is 0 Å². The minimum absolute atomic E-state index is 0.00572. The van der Waals surface area contributed by atoms with Gasteiger partial charge in [0.1, 0.15) is 6.07 Å². The van der Waals surface area contributed by atoms with Crippen LogP contribution >= 0.6 is 0 Å². The summed E-state index contributed by atoms with van der Waals surface area (Å²) in [6, 6.07) is 12.4. The van der Waals surface area contributed by atoms with E-state index in [0.29, 0.717) is 17.2 Å².